The fourth-order valence-electron chi connectivity index (χ4n) is 2.20. The van der Waals surface area contributed by atoms with E-state index in [1.807, 2.05) is 11.3 Å². The van der Waals surface area contributed by atoms with E-state index in [-0.39, 0.29) is 5.60 Å². The van der Waals surface area contributed by atoms with Crippen LogP contribution in [0.3, 0.4) is 0 Å². The molecule has 2 aliphatic heterocycles. The van der Waals surface area contributed by atoms with Gasteiger partial charge in [-0.05, 0) is 13.8 Å². The van der Waals surface area contributed by atoms with Crippen molar-refractivity contribution in [2.45, 2.75) is 32.4 Å². The van der Waals surface area contributed by atoms with E-state index in [0.717, 1.165) is 32.7 Å². The third kappa shape index (κ3) is 1.94. The van der Waals surface area contributed by atoms with Gasteiger partial charge in [-0.15, -0.1) is 11.3 Å². The van der Waals surface area contributed by atoms with Crippen LogP contribution in [0.4, 0.5) is 0 Å². The molecule has 82 valence electrons. The van der Waals surface area contributed by atoms with Crippen molar-refractivity contribution in [1.29, 1.82) is 0 Å². The smallest absolute Gasteiger partial charge is 0.101 e. The van der Waals surface area contributed by atoms with Crippen molar-refractivity contribution in [1.82, 2.24) is 9.88 Å². The zero-order valence-corrected chi connectivity index (χ0v) is 10.1. The lowest BCUT2D eigenvalue weighted by atomic mass is 10.1. The first-order valence-corrected chi connectivity index (χ1v) is 6.28. The molecule has 1 aromatic heterocycles. The average Bonchev–Trinajstić information content (AvgIpc) is 2.76. The number of fused-ring (bicyclic) bond motifs is 1. The Morgan fingerprint density at radius 3 is 3.13 bits per heavy atom. The van der Waals surface area contributed by atoms with Crippen molar-refractivity contribution in [2.24, 2.45) is 0 Å². The fourth-order valence-corrected chi connectivity index (χ4v) is 3.22. The molecular formula is C11H16N2OS. The van der Waals surface area contributed by atoms with Gasteiger partial charge >= 0.3 is 0 Å². The highest BCUT2D eigenvalue weighted by atomic mass is 32.1. The molecule has 0 saturated carbocycles. The van der Waals surface area contributed by atoms with E-state index in [9.17, 15) is 0 Å². The first-order chi connectivity index (χ1) is 7.15. The van der Waals surface area contributed by atoms with Crippen LogP contribution in [0.1, 0.15) is 22.5 Å². The third-order valence-electron chi connectivity index (χ3n) is 3.11. The number of aryl methyl sites for hydroxylation is 1. The molecule has 0 aromatic carbocycles. The summed E-state index contributed by atoms with van der Waals surface area (Å²) in [7, 11) is 0. The van der Waals surface area contributed by atoms with E-state index in [2.05, 4.69) is 23.7 Å². The molecule has 1 saturated heterocycles. The van der Waals surface area contributed by atoms with Crippen LogP contribution in [0.2, 0.25) is 0 Å². The molecule has 3 heterocycles. The molecule has 4 heteroatoms. The quantitative estimate of drug-likeness (QED) is 0.714. The van der Waals surface area contributed by atoms with E-state index in [4.69, 9.17) is 4.74 Å². The summed E-state index contributed by atoms with van der Waals surface area (Å²) < 4.78 is 5.44. The van der Waals surface area contributed by atoms with Gasteiger partial charge < -0.3 is 4.74 Å². The van der Waals surface area contributed by atoms with Gasteiger partial charge in [0.1, 0.15) is 5.60 Å². The van der Waals surface area contributed by atoms with Crippen LogP contribution in [0.15, 0.2) is 0 Å². The van der Waals surface area contributed by atoms with Crippen LogP contribution in [0.25, 0.3) is 0 Å². The summed E-state index contributed by atoms with van der Waals surface area (Å²) in [6.45, 7) is 8.50. The van der Waals surface area contributed by atoms with Gasteiger partial charge in [-0.25, -0.2) is 4.98 Å². The lowest BCUT2D eigenvalue weighted by Crippen LogP contribution is -2.36. The van der Waals surface area contributed by atoms with E-state index < -0.39 is 0 Å². The van der Waals surface area contributed by atoms with Gasteiger partial charge in [0, 0.05) is 30.9 Å². The Balaban J connectivity index is 1.71. The maximum Gasteiger partial charge on any atom is 0.101 e. The first kappa shape index (κ1) is 9.75. The van der Waals surface area contributed by atoms with Crippen molar-refractivity contribution in [3.05, 3.63) is 15.6 Å². The molecule has 0 aliphatic carbocycles. The van der Waals surface area contributed by atoms with Crippen LogP contribution >= 0.6 is 11.3 Å². The van der Waals surface area contributed by atoms with Crippen molar-refractivity contribution in [2.75, 3.05) is 19.7 Å². The van der Waals surface area contributed by atoms with Crippen LogP contribution in [0, 0.1) is 6.92 Å². The third-order valence-corrected chi connectivity index (χ3v) is 4.11. The Morgan fingerprint density at radius 1 is 1.60 bits per heavy atom. The van der Waals surface area contributed by atoms with Gasteiger partial charge in [-0.1, -0.05) is 0 Å². The van der Waals surface area contributed by atoms with Crippen LogP contribution in [0.5, 0.6) is 0 Å². The Kier molecular flexibility index (Phi) is 2.13. The number of rotatable bonds is 2. The number of epoxide rings is 1. The highest BCUT2D eigenvalue weighted by molar-refractivity contribution is 7.11. The van der Waals surface area contributed by atoms with Gasteiger partial charge in [0.05, 0.1) is 17.3 Å². The van der Waals surface area contributed by atoms with Crippen LogP contribution < -0.4 is 0 Å². The van der Waals surface area contributed by atoms with E-state index in [0.29, 0.717) is 0 Å². The Hall–Kier alpha value is -0.450. The topological polar surface area (TPSA) is 28.7 Å². The summed E-state index contributed by atoms with van der Waals surface area (Å²) in [5, 5.41) is 1.20. The number of hydrogen-bond donors (Lipinski definition) is 0. The summed E-state index contributed by atoms with van der Waals surface area (Å²) in [4.78, 5) is 8.51. The summed E-state index contributed by atoms with van der Waals surface area (Å²) in [5.41, 5.74) is 1.48. The number of thiazole rings is 1. The molecule has 15 heavy (non-hydrogen) atoms. The molecule has 0 N–H and O–H groups in total. The van der Waals surface area contributed by atoms with Crippen molar-refractivity contribution in [3.63, 3.8) is 0 Å². The van der Waals surface area contributed by atoms with Crippen molar-refractivity contribution in [3.8, 4) is 0 Å². The Labute approximate surface area is 94.1 Å². The summed E-state index contributed by atoms with van der Waals surface area (Å²) in [6.07, 6.45) is 1.11. The standard InChI is InChI=1S/C11H16N2OS/c1-8-12-9-3-4-13(5-10(9)15-8)6-11(2)7-14-11/h3-7H2,1-2H3/t11-/m0/s1. The molecule has 1 fully saturated rings. The normalized spacial score (nSPS) is 30.3. The molecule has 0 radical (unpaired) electrons. The average molecular weight is 224 g/mol. The second-order valence-corrected chi connectivity index (χ2v) is 6.09. The maximum absolute atomic E-state index is 5.44. The largest absolute Gasteiger partial charge is 0.369 e. The van der Waals surface area contributed by atoms with Gasteiger partial charge in [-0.3, -0.25) is 4.90 Å². The summed E-state index contributed by atoms with van der Waals surface area (Å²) in [6, 6.07) is 0. The Bertz CT molecular complexity index is 384. The van der Waals surface area contributed by atoms with Crippen LogP contribution in [-0.4, -0.2) is 35.2 Å². The van der Waals surface area contributed by atoms with Gasteiger partial charge in [-0.2, -0.15) is 0 Å². The van der Waals surface area contributed by atoms with Crippen molar-refractivity contribution < 1.29 is 4.74 Å². The fraction of sp³-hybridized carbons (Fsp3) is 0.727. The van der Waals surface area contributed by atoms with Crippen LogP contribution in [-0.2, 0) is 17.7 Å². The summed E-state index contributed by atoms with van der Waals surface area (Å²) in [5.74, 6) is 0. The van der Waals surface area contributed by atoms with Gasteiger partial charge in [0.25, 0.3) is 0 Å². The molecular weight excluding hydrogens is 208 g/mol. The molecule has 3 nitrogen and oxygen atoms in total. The highest BCUT2D eigenvalue weighted by Gasteiger charge is 2.41. The minimum atomic E-state index is 0.150. The maximum atomic E-state index is 5.44. The number of nitrogens with zero attached hydrogens (tertiary/aromatic N) is 2. The molecule has 0 unspecified atom stereocenters. The minimum absolute atomic E-state index is 0.150. The van der Waals surface area contributed by atoms with Crippen molar-refractivity contribution >= 4 is 11.3 Å². The zero-order valence-electron chi connectivity index (χ0n) is 9.25. The Morgan fingerprint density at radius 2 is 2.40 bits per heavy atom. The first-order valence-electron chi connectivity index (χ1n) is 5.46. The van der Waals surface area contributed by atoms with Gasteiger partial charge in [0.2, 0.25) is 0 Å². The summed E-state index contributed by atoms with van der Waals surface area (Å²) >= 11 is 1.85. The van der Waals surface area contributed by atoms with Gasteiger partial charge in [0.15, 0.2) is 0 Å². The zero-order chi connectivity index (χ0) is 10.5. The predicted octanol–water partition coefficient (Wildman–Crippen LogP) is 1.60. The highest BCUT2D eigenvalue weighted by Crippen LogP contribution is 2.30. The second kappa shape index (κ2) is 3.27. The molecule has 3 rings (SSSR count). The number of hydrogen-bond acceptors (Lipinski definition) is 4. The molecule has 0 spiro atoms. The van der Waals surface area contributed by atoms with E-state index in [1.165, 1.54) is 15.6 Å². The molecule has 0 bridgehead atoms. The number of aromatic nitrogens is 1. The lowest BCUT2D eigenvalue weighted by Gasteiger charge is -2.27. The molecule has 1 aromatic rings. The van der Waals surface area contributed by atoms with E-state index in [1.54, 1.807) is 0 Å². The lowest BCUT2D eigenvalue weighted by molar-refractivity contribution is 0.184. The minimum Gasteiger partial charge on any atom is -0.369 e. The van der Waals surface area contributed by atoms with E-state index >= 15 is 0 Å². The molecule has 1 atom stereocenters. The SMILES string of the molecule is Cc1nc2c(s1)CN(C[C@@]1(C)CO1)CC2. The monoisotopic (exact) mass is 224 g/mol. The number of ether oxygens (including phenoxy) is 1. The molecule has 0 amide bonds. The second-order valence-electron chi connectivity index (χ2n) is 4.80. The molecule has 2 aliphatic rings. The predicted molar refractivity (Wildman–Crippen MR) is 60.2 cm³/mol.